The zero-order valence-electron chi connectivity index (χ0n) is 9.90. The van der Waals surface area contributed by atoms with Crippen LogP contribution in [-0.4, -0.2) is 41.6 Å². The van der Waals surface area contributed by atoms with Crippen molar-refractivity contribution < 1.29 is 14.7 Å². The summed E-state index contributed by atoms with van der Waals surface area (Å²) in [6.45, 7) is 2.50. The van der Waals surface area contributed by atoms with Crippen LogP contribution in [0.4, 0.5) is 4.79 Å². The van der Waals surface area contributed by atoms with E-state index < -0.39 is 5.97 Å². The molecule has 92 valence electrons. The number of nitrogens with zero attached hydrogens (tertiary/aromatic N) is 1. The molecule has 0 spiro atoms. The average Bonchev–Trinajstić information content (AvgIpc) is 2.99. The van der Waals surface area contributed by atoms with Crippen molar-refractivity contribution in [2.24, 2.45) is 5.92 Å². The second-order valence-corrected chi connectivity index (χ2v) is 4.49. The molecule has 0 radical (unpaired) electrons. The Balaban J connectivity index is 2.16. The maximum atomic E-state index is 11.6. The van der Waals surface area contributed by atoms with Crippen molar-refractivity contribution in [3.8, 4) is 0 Å². The Bertz CT molecular complexity index is 264. The SMILES string of the molecule is CC(NC(=O)N(C)CCCC(=O)O)C1CC1. The van der Waals surface area contributed by atoms with Gasteiger partial charge in [-0.15, -0.1) is 0 Å². The van der Waals surface area contributed by atoms with Gasteiger partial charge >= 0.3 is 12.0 Å². The Morgan fingerprint density at radius 2 is 2.12 bits per heavy atom. The summed E-state index contributed by atoms with van der Waals surface area (Å²) < 4.78 is 0. The van der Waals surface area contributed by atoms with Gasteiger partial charge in [0, 0.05) is 26.1 Å². The van der Waals surface area contributed by atoms with Crippen LogP contribution < -0.4 is 5.32 Å². The van der Waals surface area contributed by atoms with E-state index >= 15 is 0 Å². The summed E-state index contributed by atoms with van der Waals surface area (Å²) in [5, 5.41) is 11.4. The number of carbonyl (C=O) groups excluding carboxylic acids is 1. The molecule has 1 aliphatic carbocycles. The summed E-state index contributed by atoms with van der Waals surface area (Å²) in [5.41, 5.74) is 0. The van der Waals surface area contributed by atoms with E-state index in [1.807, 2.05) is 6.92 Å². The van der Waals surface area contributed by atoms with E-state index in [-0.39, 0.29) is 18.5 Å². The molecule has 1 unspecified atom stereocenters. The third-order valence-electron chi connectivity index (χ3n) is 2.91. The van der Waals surface area contributed by atoms with E-state index in [2.05, 4.69) is 5.32 Å². The number of aliphatic carboxylic acids is 1. The topological polar surface area (TPSA) is 69.6 Å². The van der Waals surface area contributed by atoms with Gasteiger partial charge in [-0.25, -0.2) is 4.79 Å². The third kappa shape index (κ3) is 4.51. The first-order valence-corrected chi connectivity index (χ1v) is 5.74. The second-order valence-electron chi connectivity index (χ2n) is 4.49. The van der Waals surface area contributed by atoms with Gasteiger partial charge in [0.2, 0.25) is 0 Å². The molecule has 0 heterocycles. The number of hydrogen-bond acceptors (Lipinski definition) is 2. The number of amides is 2. The predicted molar refractivity (Wildman–Crippen MR) is 60.2 cm³/mol. The van der Waals surface area contributed by atoms with Crippen LogP contribution in [0.15, 0.2) is 0 Å². The Labute approximate surface area is 95.8 Å². The number of urea groups is 1. The highest BCUT2D eigenvalue weighted by Gasteiger charge is 2.29. The van der Waals surface area contributed by atoms with Gasteiger partial charge < -0.3 is 15.3 Å². The molecule has 16 heavy (non-hydrogen) atoms. The Kier molecular flexibility index (Phi) is 4.58. The first-order chi connectivity index (χ1) is 7.50. The molecule has 0 aromatic rings. The maximum absolute atomic E-state index is 11.6. The van der Waals surface area contributed by atoms with Gasteiger partial charge in [0.05, 0.1) is 0 Å². The van der Waals surface area contributed by atoms with Crippen molar-refractivity contribution in [2.45, 2.75) is 38.6 Å². The summed E-state index contributed by atoms with van der Waals surface area (Å²) >= 11 is 0. The number of nitrogens with one attached hydrogen (secondary N) is 1. The summed E-state index contributed by atoms with van der Waals surface area (Å²) in [5.74, 6) is -0.184. The molecule has 0 saturated heterocycles. The summed E-state index contributed by atoms with van der Waals surface area (Å²) in [7, 11) is 1.69. The molecule has 2 N–H and O–H groups in total. The molecule has 5 heteroatoms. The normalized spacial score (nSPS) is 16.6. The van der Waals surface area contributed by atoms with Crippen LogP contribution in [0.3, 0.4) is 0 Å². The number of hydrogen-bond donors (Lipinski definition) is 2. The van der Waals surface area contributed by atoms with Crippen LogP contribution in [0.1, 0.15) is 32.6 Å². The lowest BCUT2D eigenvalue weighted by Gasteiger charge is -2.20. The van der Waals surface area contributed by atoms with Crippen LogP contribution in [0, 0.1) is 5.92 Å². The van der Waals surface area contributed by atoms with Gasteiger partial charge in [-0.05, 0) is 32.1 Å². The van der Waals surface area contributed by atoms with E-state index in [1.165, 1.54) is 12.8 Å². The van der Waals surface area contributed by atoms with Gasteiger partial charge in [0.1, 0.15) is 0 Å². The second kappa shape index (κ2) is 5.72. The fourth-order valence-corrected chi connectivity index (χ4v) is 1.59. The van der Waals surface area contributed by atoms with Crippen molar-refractivity contribution in [3.63, 3.8) is 0 Å². The van der Waals surface area contributed by atoms with E-state index in [0.717, 1.165) is 0 Å². The predicted octanol–water partition coefficient (Wildman–Crippen LogP) is 1.29. The molecule has 2 amide bonds. The van der Waals surface area contributed by atoms with Gasteiger partial charge in [-0.2, -0.15) is 0 Å². The van der Waals surface area contributed by atoms with Gasteiger partial charge in [0.15, 0.2) is 0 Å². The number of rotatable bonds is 6. The first kappa shape index (κ1) is 12.8. The van der Waals surface area contributed by atoms with Crippen molar-refractivity contribution in [2.75, 3.05) is 13.6 Å². The summed E-state index contributed by atoms with van der Waals surface area (Å²) in [6.07, 6.45) is 3.00. The smallest absolute Gasteiger partial charge is 0.317 e. The van der Waals surface area contributed by atoms with Crippen LogP contribution in [0.5, 0.6) is 0 Å². The zero-order valence-corrected chi connectivity index (χ0v) is 9.90. The molecule has 1 saturated carbocycles. The van der Waals surface area contributed by atoms with Crippen molar-refractivity contribution in [3.05, 3.63) is 0 Å². The summed E-state index contributed by atoms with van der Waals surface area (Å²) in [6, 6.07) is 0.124. The van der Waals surface area contributed by atoms with E-state index in [4.69, 9.17) is 5.11 Å². The van der Waals surface area contributed by atoms with Gasteiger partial charge in [-0.1, -0.05) is 0 Å². The standard InChI is InChI=1S/C11H20N2O3/c1-8(9-5-6-9)12-11(16)13(2)7-3-4-10(14)15/h8-9H,3-7H2,1-2H3,(H,12,16)(H,14,15). The first-order valence-electron chi connectivity index (χ1n) is 5.74. The van der Waals surface area contributed by atoms with Crippen LogP contribution in [0.25, 0.3) is 0 Å². The fraction of sp³-hybridized carbons (Fsp3) is 0.818. The highest BCUT2D eigenvalue weighted by Crippen LogP contribution is 2.32. The molecule has 1 fully saturated rings. The quantitative estimate of drug-likeness (QED) is 0.719. The monoisotopic (exact) mass is 228 g/mol. The van der Waals surface area contributed by atoms with E-state index in [9.17, 15) is 9.59 Å². The third-order valence-corrected chi connectivity index (χ3v) is 2.91. The zero-order chi connectivity index (χ0) is 12.1. The van der Waals surface area contributed by atoms with Gasteiger partial charge in [-0.3, -0.25) is 4.79 Å². The van der Waals surface area contributed by atoms with E-state index in [1.54, 1.807) is 11.9 Å². The maximum Gasteiger partial charge on any atom is 0.317 e. The van der Waals surface area contributed by atoms with Gasteiger partial charge in [0.25, 0.3) is 0 Å². The fourth-order valence-electron chi connectivity index (χ4n) is 1.59. The number of carboxylic acids is 1. The molecular formula is C11H20N2O3. The van der Waals surface area contributed by atoms with Crippen molar-refractivity contribution >= 4 is 12.0 Å². The van der Waals surface area contributed by atoms with Crippen molar-refractivity contribution in [1.82, 2.24) is 10.2 Å². The molecule has 0 aromatic heterocycles. The Hall–Kier alpha value is -1.26. The minimum absolute atomic E-state index is 0.107. The van der Waals surface area contributed by atoms with Crippen LogP contribution >= 0.6 is 0 Å². The van der Waals surface area contributed by atoms with Crippen molar-refractivity contribution in [1.29, 1.82) is 0 Å². The number of carboxylic acid groups (broad SMARTS) is 1. The Morgan fingerprint density at radius 1 is 1.50 bits per heavy atom. The molecule has 1 atom stereocenters. The largest absolute Gasteiger partial charge is 0.481 e. The van der Waals surface area contributed by atoms with Crippen LogP contribution in [-0.2, 0) is 4.79 Å². The molecule has 1 aliphatic rings. The molecule has 5 nitrogen and oxygen atoms in total. The molecular weight excluding hydrogens is 208 g/mol. The molecule has 0 aliphatic heterocycles. The lowest BCUT2D eigenvalue weighted by atomic mass is 10.2. The molecule has 1 rings (SSSR count). The highest BCUT2D eigenvalue weighted by atomic mass is 16.4. The lowest BCUT2D eigenvalue weighted by Crippen LogP contribution is -2.43. The Morgan fingerprint density at radius 3 is 2.62 bits per heavy atom. The lowest BCUT2D eigenvalue weighted by molar-refractivity contribution is -0.137. The summed E-state index contributed by atoms with van der Waals surface area (Å²) in [4.78, 5) is 23.5. The number of carbonyl (C=O) groups is 2. The average molecular weight is 228 g/mol. The van der Waals surface area contributed by atoms with Crippen LogP contribution in [0.2, 0.25) is 0 Å². The highest BCUT2D eigenvalue weighted by molar-refractivity contribution is 5.74. The molecule has 0 aromatic carbocycles. The van der Waals surface area contributed by atoms with E-state index in [0.29, 0.717) is 18.9 Å². The molecule has 0 bridgehead atoms. The minimum Gasteiger partial charge on any atom is -0.481 e. The minimum atomic E-state index is -0.819.